The van der Waals surface area contributed by atoms with Gasteiger partial charge in [-0.1, -0.05) is 40.6 Å². The maximum absolute atomic E-state index is 13.4. The van der Waals surface area contributed by atoms with Gasteiger partial charge >= 0.3 is 107 Å². The molecule has 0 spiro atoms. The molecule has 0 saturated carbocycles. The van der Waals surface area contributed by atoms with E-state index in [9.17, 15) is 54.6 Å². The van der Waals surface area contributed by atoms with Gasteiger partial charge in [-0.2, -0.15) is 0 Å². The molecule has 26 heteroatoms. The van der Waals surface area contributed by atoms with Crippen molar-refractivity contribution in [3.05, 3.63) is 56.5 Å². The zero-order chi connectivity index (χ0) is 34.9. The van der Waals surface area contributed by atoms with Gasteiger partial charge in [-0.25, -0.2) is 19.4 Å². The number of H-pyrrole nitrogens is 1. The number of aromatic amines is 1. The first kappa shape index (κ1) is 45.4. The van der Waals surface area contributed by atoms with Crippen molar-refractivity contribution in [3.63, 3.8) is 0 Å². The number of thiazole rings is 1. The normalized spacial score (nSPS) is 17.6. The smallest absolute Gasteiger partial charge is 0.873 e. The molecular formula is C25H17N6Na3O12S5. The van der Waals surface area contributed by atoms with Crippen LogP contribution in [0.25, 0.3) is 0 Å². The number of anilines is 1. The second-order valence-electron chi connectivity index (χ2n) is 9.35. The predicted molar refractivity (Wildman–Crippen MR) is 168 cm³/mol. The number of carboxylic acids is 3. The number of hydrogen-bond donors (Lipinski definition) is 5. The van der Waals surface area contributed by atoms with E-state index in [-0.39, 0.29) is 131 Å². The molecule has 6 N–H and O–H groups in total. The van der Waals surface area contributed by atoms with Crippen LogP contribution < -0.4 is 115 Å². The van der Waals surface area contributed by atoms with Gasteiger partial charge in [0.15, 0.2) is 16.7 Å². The van der Waals surface area contributed by atoms with Crippen LogP contribution in [0.2, 0.25) is 0 Å². The molecule has 51 heavy (non-hydrogen) atoms. The summed E-state index contributed by atoms with van der Waals surface area (Å²) in [7, 11) is 0. The Morgan fingerprint density at radius 2 is 1.84 bits per heavy atom. The minimum atomic E-state index is -1.81. The van der Waals surface area contributed by atoms with Crippen LogP contribution >= 0.6 is 58.2 Å². The zero-order valence-corrected chi connectivity index (χ0v) is 36.5. The molecule has 4 heterocycles. The van der Waals surface area contributed by atoms with E-state index in [4.69, 9.17) is 10.6 Å². The summed E-state index contributed by atoms with van der Waals surface area (Å²) in [5.41, 5.74) is 1.72. The molecule has 3 aromatic rings. The third kappa shape index (κ3) is 10.3. The molecule has 2 aliphatic rings. The number of nitrogen functional groups attached to an aromatic ring is 1. The van der Waals surface area contributed by atoms with Gasteiger partial charge < -0.3 is 41.2 Å². The van der Waals surface area contributed by atoms with Crippen LogP contribution in [0.1, 0.15) is 16.1 Å². The standard InChI is InChI=1S/C25H20N6O12S5.3Na/c26-25-27-9(6-46-25)13(29-43-23(22(41)42)47-8-1-2-10(32)11(33)3-8)17(35)28-14-18(36)31-15(21(39)40)7(4-44-19(14)31)5-45-24-12(20(37)38)16(34)30-48-24;;;/h1-3,6,14,19,23,32-33H,4-5H2,(H2,26,27)(H,28,35)(H,30,34)(H,37,38)(H,39,40)(H,41,42);;;/q;3*+1/p-3/b29-13+;;;/t14-,19-,23?;;;/m1.../s1. The molecule has 1 unspecified atom stereocenters. The quantitative estimate of drug-likeness (QED) is 0.0203. The van der Waals surface area contributed by atoms with Gasteiger partial charge in [0, 0.05) is 27.7 Å². The van der Waals surface area contributed by atoms with Gasteiger partial charge in [0.2, 0.25) is 0 Å². The largest absolute Gasteiger partial charge is 1.00 e. The van der Waals surface area contributed by atoms with Crippen LogP contribution in [0.5, 0.6) is 11.5 Å². The summed E-state index contributed by atoms with van der Waals surface area (Å²) in [6.45, 7) is 0. The number of nitrogens with zero attached hydrogens (tertiary/aromatic N) is 4. The number of carbonyl (C=O) groups is 4. The van der Waals surface area contributed by atoms with E-state index in [1.807, 2.05) is 0 Å². The number of fused-ring (bicyclic) bond motifs is 1. The molecule has 1 fully saturated rings. The van der Waals surface area contributed by atoms with Crippen molar-refractivity contribution in [3.8, 4) is 11.5 Å². The Labute approximate surface area is 373 Å². The second-order valence-corrected chi connectivity index (χ2v) is 14.5. The average Bonchev–Trinajstić information content (AvgIpc) is 3.63. The number of aliphatic carboxylic acids is 2. The molecule has 3 atom stereocenters. The van der Waals surface area contributed by atoms with Gasteiger partial charge in [-0.05, 0) is 11.6 Å². The summed E-state index contributed by atoms with van der Waals surface area (Å²) in [5.74, 6) is -8.12. The molecule has 5 rings (SSSR count). The Hall–Kier alpha value is -1.71. The van der Waals surface area contributed by atoms with Crippen LogP contribution in [0.4, 0.5) is 5.13 Å². The van der Waals surface area contributed by atoms with Crippen LogP contribution in [0, 0.1) is 0 Å². The summed E-state index contributed by atoms with van der Waals surface area (Å²) in [4.78, 5) is 74.5. The summed E-state index contributed by atoms with van der Waals surface area (Å²) in [6.07, 6.45) is 0. The van der Waals surface area contributed by atoms with Crippen molar-refractivity contribution in [1.82, 2.24) is 14.3 Å². The van der Waals surface area contributed by atoms with Crippen LogP contribution in [0.3, 0.4) is 0 Å². The number of benzene rings is 1. The number of hydrogen-bond acceptors (Lipinski definition) is 18. The topological polar surface area (TPSA) is 307 Å². The number of amides is 1. The van der Waals surface area contributed by atoms with Crippen molar-refractivity contribution in [2.75, 3.05) is 17.2 Å². The molecule has 2 aromatic heterocycles. The van der Waals surface area contributed by atoms with E-state index in [0.717, 1.165) is 63.4 Å². The SMILES string of the molecule is Nc1nc(/C(=N\OC(Sc2ccc([O-])c([O-])c2)C(=O)O)C([O-])=N[C@@H]2C(=O)N3C(C(=O)O)=C(CSc4s[nH]c(=O)c4C(=O)O)CS[C@H]23)cs1.[Na+].[Na+].[Na+]. The number of β-lactam (4-membered cyclic amide) rings is 1. The molecule has 1 saturated heterocycles. The van der Waals surface area contributed by atoms with Crippen molar-refractivity contribution in [1.29, 1.82) is 0 Å². The fourth-order valence-corrected chi connectivity index (χ4v) is 8.91. The van der Waals surface area contributed by atoms with Gasteiger partial charge in [0.25, 0.3) is 16.9 Å². The molecular weight excluding hydrogens is 806 g/mol. The fraction of sp³-hybridized carbons (Fsp3) is 0.200. The van der Waals surface area contributed by atoms with E-state index in [1.165, 1.54) is 11.4 Å². The molecule has 1 amide bonds. The Morgan fingerprint density at radius 3 is 2.43 bits per heavy atom. The van der Waals surface area contributed by atoms with E-state index in [0.29, 0.717) is 11.8 Å². The van der Waals surface area contributed by atoms with Crippen molar-refractivity contribution < 1.29 is 143 Å². The number of nitrogens with one attached hydrogen (secondary N) is 1. The number of aromatic nitrogens is 2. The van der Waals surface area contributed by atoms with Crippen LogP contribution in [-0.2, 0) is 19.2 Å². The van der Waals surface area contributed by atoms with Gasteiger partial charge in [-0.3, -0.25) is 23.9 Å². The van der Waals surface area contributed by atoms with Crippen LogP contribution in [0.15, 0.2) is 58.9 Å². The second kappa shape index (κ2) is 19.6. The maximum atomic E-state index is 13.4. The maximum Gasteiger partial charge on any atom is 1.00 e. The molecule has 0 radical (unpaired) electrons. The zero-order valence-electron chi connectivity index (χ0n) is 26.4. The van der Waals surface area contributed by atoms with E-state index < -0.39 is 74.9 Å². The molecule has 2 aliphatic heterocycles. The third-order valence-corrected chi connectivity index (χ3v) is 11.6. The van der Waals surface area contributed by atoms with Crippen LogP contribution in [-0.4, -0.2) is 93.4 Å². The number of aromatic carboxylic acids is 1. The molecule has 1 aromatic carbocycles. The Balaban J connectivity index is 0.00000300. The monoisotopic (exact) mass is 822 g/mol. The first-order valence-electron chi connectivity index (χ1n) is 12.8. The van der Waals surface area contributed by atoms with Gasteiger partial charge in [-0.15, -0.1) is 46.4 Å². The van der Waals surface area contributed by atoms with Crippen molar-refractivity contribution in [2.24, 2.45) is 10.1 Å². The first-order chi connectivity index (χ1) is 22.8. The Bertz CT molecular complexity index is 1990. The summed E-state index contributed by atoms with van der Waals surface area (Å²) in [5, 5.41) is 69.4. The number of rotatable bonds is 13. The summed E-state index contributed by atoms with van der Waals surface area (Å²) >= 11 is 4.20. The Morgan fingerprint density at radius 1 is 1.14 bits per heavy atom. The fourth-order valence-electron chi connectivity index (χ4n) is 4.17. The first-order valence-corrected chi connectivity index (χ1v) is 17.4. The average molecular weight is 823 g/mol. The van der Waals surface area contributed by atoms with Crippen molar-refractivity contribution in [2.45, 2.75) is 26.0 Å². The third-order valence-electron chi connectivity index (χ3n) is 6.30. The minimum absolute atomic E-state index is 0. The minimum Gasteiger partial charge on any atom is -0.873 e. The number of oxime groups is 1. The van der Waals surface area contributed by atoms with E-state index in [2.05, 4.69) is 19.5 Å². The Kier molecular flexibility index (Phi) is 17.4. The predicted octanol–water partition coefficient (Wildman–Crippen LogP) is -9.57. The summed E-state index contributed by atoms with van der Waals surface area (Å²) < 4.78 is 2.44. The van der Waals surface area contributed by atoms with E-state index >= 15 is 0 Å². The molecule has 18 nitrogen and oxygen atoms in total. The number of carboxylic acid groups (broad SMARTS) is 3. The molecule has 0 bridgehead atoms. The number of carbonyl (C=O) groups excluding carboxylic acids is 1. The van der Waals surface area contributed by atoms with E-state index in [1.54, 1.807) is 0 Å². The van der Waals surface area contributed by atoms with Crippen molar-refractivity contribution >= 4 is 98.7 Å². The number of thioether (sulfide) groups is 3. The molecule has 252 valence electrons. The number of nitrogens with two attached hydrogens (primary N) is 1. The molecule has 0 aliphatic carbocycles. The van der Waals surface area contributed by atoms with Gasteiger partial charge in [0.05, 0.1) is 4.21 Å². The number of aliphatic imine (C=N–C) groups is 1. The summed E-state index contributed by atoms with van der Waals surface area (Å²) in [6, 6.07) is 1.70. The van der Waals surface area contributed by atoms with Gasteiger partial charge in [0.1, 0.15) is 22.5 Å².